The Morgan fingerprint density at radius 1 is 1.44 bits per heavy atom. The lowest BCUT2D eigenvalue weighted by Gasteiger charge is -2.18. The van der Waals surface area contributed by atoms with Gasteiger partial charge in [-0.15, -0.1) is 0 Å². The summed E-state index contributed by atoms with van der Waals surface area (Å²) >= 11 is 0. The number of carbonyl (C=O) groups is 1. The smallest absolute Gasteiger partial charge is 0.129 e. The van der Waals surface area contributed by atoms with Gasteiger partial charge in [-0.1, -0.05) is 0 Å². The van der Waals surface area contributed by atoms with Crippen molar-refractivity contribution in [3.05, 3.63) is 24.0 Å². The van der Waals surface area contributed by atoms with E-state index >= 15 is 0 Å². The largest absolute Gasteiger partial charge is 0.375 e. The molecule has 1 N–H and O–H groups in total. The van der Waals surface area contributed by atoms with E-state index in [-0.39, 0.29) is 5.78 Å². The Morgan fingerprint density at radius 3 is 2.94 bits per heavy atom. The lowest BCUT2D eigenvalue weighted by Crippen LogP contribution is -2.18. The molecular weight excluding hydrogens is 226 g/mol. The van der Waals surface area contributed by atoms with Crippen LogP contribution < -0.4 is 4.90 Å². The fraction of sp³-hybridized carbons (Fsp3) is 0.429. The first-order valence-electron chi connectivity index (χ1n) is 6.23. The van der Waals surface area contributed by atoms with Gasteiger partial charge in [-0.25, -0.2) is 4.98 Å². The van der Waals surface area contributed by atoms with Gasteiger partial charge in [0.15, 0.2) is 0 Å². The highest BCUT2D eigenvalue weighted by Gasteiger charge is 2.05. The van der Waals surface area contributed by atoms with Crippen molar-refractivity contribution in [1.82, 2.24) is 9.97 Å². The minimum Gasteiger partial charge on any atom is -0.375 e. The van der Waals surface area contributed by atoms with E-state index in [0.717, 1.165) is 35.5 Å². The molecular formula is C14H19N3O. The van der Waals surface area contributed by atoms with E-state index in [1.807, 2.05) is 20.0 Å². The molecule has 0 fully saturated rings. The number of carbonyl (C=O) groups excluding carboxylic acids is 1. The van der Waals surface area contributed by atoms with Gasteiger partial charge >= 0.3 is 0 Å². The number of H-pyrrole nitrogens is 1. The highest BCUT2D eigenvalue weighted by molar-refractivity contribution is 5.79. The Labute approximate surface area is 107 Å². The number of anilines is 1. The van der Waals surface area contributed by atoms with Gasteiger partial charge in [-0.3, -0.25) is 0 Å². The van der Waals surface area contributed by atoms with Crippen molar-refractivity contribution in [3.63, 3.8) is 0 Å². The minimum atomic E-state index is 0.253. The normalized spacial score (nSPS) is 10.8. The number of hydrogen-bond donors (Lipinski definition) is 1. The van der Waals surface area contributed by atoms with Crippen molar-refractivity contribution in [2.24, 2.45) is 0 Å². The molecule has 0 bridgehead atoms. The van der Waals surface area contributed by atoms with Gasteiger partial charge in [0, 0.05) is 25.7 Å². The average Bonchev–Trinajstić information content (AvgIpc) is 2.67. The predicted molar refractivity (Wildman–Crippen MR) is 74.0 cm³/mol. The predicted octanol–water partition coefficient (Wildman–Crippen LogP) is 2.68. The van der Waals surface area contributed by atoms with Crippen molar-refractivity contribution in [2.75, 3.05) is 18.5 Å². The Kier molecular flexibility index (Phi) is 3.65. The molecule has 4 nitrogen and oxygen atoms in total. The highest BCUT2D eigenvalue weighted by atomic mass is 16.1. The zero-order valence-electron chi connectivity index (χ0n) is 11.2. The van der Waals surface area contributed by atoms with Gasteiger partial charge in [-0.2, -0.15) is 0 Å². The van der Waals surface area contributed by atoms with Crippen LogP contribution in [-0.2, 0) is 4.79 Å². The van der Waals surface area contributed by atoms with Crippen molar-refractivity contribution >= 4 is 22.5 Å². The Balaban J connectivity index is 2.07. The second-order valence-corrected chi connectivity index (χ2v) is 4.75. The molecule has 0 unspecified atom stereocenters. The lowest BCUT2D eigenvalue weighted by molar-refractivity contribution is -0.117. The zero-order chi connectivity index (χ0) is 13.1. The Morgan fingerprint density at radius 2 is 2.22 bits per heavy atom. The summed E-state index contributed by atoms with van der Waals surface area (Å²) in [5, 5.41) is 0. The maximum absolute atomic E-state index is 10.9. The Bertz CT molecular complexity index is 559. The average molecular weight is 245 g/mol. The molecule has 0 aliphatic carbocycles. The highest BCUT2D eigenvalue weighted by Crippen LogP contribution is 2.20. The summed E-state index contributed by atoms with van der Waals surface area (Å²) in [5.41, 5.74) is 3.20. The second kappa shape index (κ2) is 5.21. The molecule has 1 heterocycles. The molecule has 0 radical (unpaired) electrons. The van der Waals surface area contributed by atoms with Gasteiger partial charge in [0.1, 0.15) is 11.6 Å². The minimum absolute atomic E-state index is 0.253. The number of hydrogen-bond acceptors (Lipinski definition) is 3. The van der Waals surface area contributed by atoms with Crippen LogP contribution in [-0.4, -0.2) is 29.3 Å². The maximum Gasteiger partial charge on any atom is 0.129 e. The quantitative estimate of drug-likeness (QED) is 0.881. The van der Waals surface area contributed by atoms with Crippen LogP contribution in [0.15, 0.2) is 18.2 Å². The van der Waals surface area contributed by atoms with E-state index in [1.54, 1.807) is 6.92 Å². The van der Waals surface area contributed by atoms with Crippen LogP contribution in [0.5, 0.6) is 0 Å². The molecule has 0 saturated carbocycles. The SMILES string of the molecule is CC(=O)CCCN(C)c1ccc2nc(C)[nH]c2c1. The van der Waals surface area contributed by atoms with Crippen molar-refractivity contribution in [2.45, 2.75) is 26.7 Å². The zero-order valence-corrected chi connectivity index (χ0v) is 11.2. The summed E-state index contributed by atoms with van der Waals surface area (Å²) in [6.45, 7) is 4.48. The van der Waals surface area contributed by atoms with Crippen LogP contribution in [0.3, 0.4) is 0 Å². The molecule has 0 aliphatic rings. The number of nitrogens with one attached hydrogen (secondary N) is 1. The molecule has 2 rings (SSSR count). The molecule has 1 aromatic carbocycles. The van der Waals surface area contributed by atoms with Crippen LogP contribution >= 0.6 is 0 Å². The monoisotopic (exact) mass is 245 g/mol. The van der Waals surface area contributed by atoms with E-state index in [0.29, 0.717) is 6.42 Å². The number of ketones is 1. The van der Waals surface area contributed by atoms with Crippen LogP contribution in [0.1, 0.15) is 25.6 Å². The number of aromatic nitrogens is 2. The number of fused-ring (bicyclic) bond motifs is 1. The topological polar surface area (TPSA) is 49.0 Å². The second-order valence-electron chi connectivity index (χ2n) is 4.75. The van der Waals surface area contributed by atoms with Crippen LogP contribution in [0.2, 0.25) is 0 Å². The molecule has 4 heteroatoms. The summed E-state index contributed by atoms with van der Waals surface area (Å²) in [6, 6.07) is 6.19. The fourth-order valence-electron chi connectivity index (χ4n) is 2.06. The van der Waals surface area contributed by atoms with Crippen molar-refractivity contribution in [1.29, 1.82) is 0 Å². The number of nitrogens with zero attached hydrogens (tertiary/aromatic N) is 2. The number of aryl methyl sites for hydroxylation is 1. The van der Waals surface area contributed by atoms with Crippen LogP contribution in [0.25, 0.3) is 11.0 Å². The summed E-state index contributed by atoms with van der Waals surface area (Å²) in [4.78, 5) is 20.7. The molecule has 0 atom stereocenters. The van der Waals surface area contributed by atoms with Crippen molar-refractivity contribution < 1.29 is 4.79 Å². The van der Waals surface area contributed by atoms with E-state index < -0.39 is 0 Å². The van der Waals surface area contributed by atoms with Crippen LogP contribution in [0.4, 0.5) is 5.69 Å². The third-order valence-electron chi connectivity index (χ3n) is 3.05. The maximum atomic E-state index is 10.9. The van der Waals surface area contributed by atoms with Gasteiger partial charge < -0.3 is 14.7 Å². The summed E-state index contributed by atoms with van der Waals surface area (Å²) in [5.74, 6) is 1.18. The van der Waals surface area contributed by atoms with Gasteiger partial charge in [0.05, 0.1) is 11.0 Å². The molecule has 0 spiro atoms. The number of Topliss-reactive ketones (excluding diaryl/α,β-unsaturated/α-hetero) is 1. The van der Waals surface area contributed by atoms with Gasteiger partial charge in [0.2, 0.25) is 0 Å². The molecule has 0 aliphatic heterocycles. The number of aromatic amines is 1. The summed E-state index contributed by atoms with van der Waals surface area (Å²) in [7, 11) is 2.05. The van der Waals surface area contributed by atoms with E-state index in [1.165, 1.54) is 0 Å². The Hall–Kier alpha value is -1.84. The molecule has 96 valence electrons. The van der Waals surface area contributed by atoms with Crippen molar-refractivity contribution in [3.8, 4) is 0 Å². The van der Waals surface area contributed by atoms with E-state index in [9.17, 15) is 4.79 Å². The standard InChI is InChI=1S/C14H19N3O/c1-10(18)5-4-8-17(3)12-6-7-13-14(9-12)16-11(2)15-13/h6-7,9H,4-5,8H2,1-3H3,(H,15,16). The summed E-state index contributed by atoms with van der Waals surface area (Å²) in [6.07, 6.45) is 1.54. The number of imidazole rings is 1. The van der Waals surface area contributed by atoms with Gasteiger partial charge in [-0.05, 0) is 38.5 Å². The van der Waals surface area contributed by atoms with E-state index in [2.05, 4.69) is 27.0 Å². The first-order valence-corrected chi connectivity index (χ1v) is 6.23. The first-order chi connectivity index (χ1) is 8.56. The molecule has 18 heavy (non-hydrogen) atoms. The number of benzene rings is 1. The number of rotatable bonds is 5. The third-order valence-corrected chi connectivity index (χ3v) is 3.05. The first kappa shape index (κ1) is 12.6. The molecule has 0 amide bonds. The van der Waals surface area contributed by atoms with E-state index in [4.69, 9.17) is 0 Å². The van der Waals surface area contributed by atoms with Gasteiger partial charge in [0.25, 0.3) is 0 Å². The third kappa shape index (κ3) is 2.88. The molecule has 1 aromatic heterocycles. The lowest BCUT2D eigenvalue weighted by atomic mass is 10.2. The summed E-state index contributed by atoms with van der Waals surface area (Å²) < 4.78 is 0. The van der Waals surface area contributed by atoms with Crippen LogP contribution in [0, 0.1) is 6.92 Å². The molecule has 2 aromatic rings. The fourth-order valence-corrected chi connectivity index (χ4v) is 2.06. The molecule has 0 saturated heterocycles.